The molecular formula is C16H18N2O2. The van der Waals surface area contributed by atoms with Crippen molar-refractivity contribution in [1.82, 2.24) is 4.90 Å². The number of aliphatic hydroxyl groups excluding tert-OH is 1. The maximum Gasteiger partial charge on any atom is 0.176 e. The number of aliphatic hydroxyl groups is 1. The summed E-state index contributed by atoms with van der Waals surface area (Å²) in [5, 5.41) is 18.5. The zero-order valence-corrected chi connectivity index (χ0v) is 11.3. The first-order valence-corrected chi connectivity index (χ1v) is 7.14. The summed E-state index contributed by atoms with van der Waals surface area (Å²) >= 11 is 0. The SMILES string of the molecule is N#Cc1ccc(C(=O)CN2C3CCC2CC(O)C3)cc1. The van der Waals surface area contributed by atoms with Gasteiger partial charge in [-0.05, 0) is 37.8 Å². The van der Waals surface area contributed by atoms with Gasteiger partial charge in [0.05, 0.1) is 24.3 Å². The van der Waals surface area contributed by atoms with Gasteiger partial charge in [0.25, 0.3) is 0 Å². The Kier molecular flexibility index (Phi) is 3.56. The third-order valence-corrected chi connectivity index (χ3v) is 4.52. The van der Waals surface area contributed by atoms with E-state index >= 15 is 0 Å². The monoisotopic (exact) mass is 270 g/mol. The predicted molar refractivity (Wildman–Crippen MR) is 74.2 cm³/mol. The standard InChI is InChI=1S/C16H18N2O2/c17-9-11-1-3-12(4-2-11)16(20)10-18-13-5-6-14(18)8-15(19)7-13/h1-4,13-15,19H,5-8,10H2. The molecule has 104 valence electrons. The van der Waals surface area contributed by atoms with Gasteiger partial charge >= 0.3 is 0 Å². The first kappa shape index (κ1) is 13.3. The fraction of sp³-hybridized carbons (Fsp3) is 0.500. The van der Waals surface area contributed by atoms with Gasteiger partial charge in [0, 0.05) is 17.6 Å². The van der Waals surface area contributed by atoms with Crippen LogP contribution in [-0.2, 0) is 0 Å². The summed E-state index contributed by atoms with van der Waals surface area (Å²) in [6.45, 7) is 0.425. The highest BCUT2D eigenvalue weighted by molar-refractivity contribution is 5.97. The molecule has 4 heteroatoms. The van der Waals surface area contributed by atoms with Crippen molar-refractivity contribution in [2.75, 3.05) is 6.54 Å². The van der Waals surface area contributed by atoms with Gasteiger partial charge in [-0.15, -0.1) is 0 Å². The second-order valence-corrected chi connectivity index (χ2v) is 5.79. The van der Waals surface area contributed by atoms with Gasteiger partial charge in [0.15, 0.2) is 5.78 Å². The van der Waals surface area contributed by atoms with Crippen LogP contribution in [0, 0.1) is 11.3 Å². The number of nitrogens with zero attached hydrogens (tertiary/aromatic N) is 2. The largest absolute Gasteiger partial charge is 0.393 e. The molecule has 0 saturated carbocycles. The van der Waals surface area contributed by atoms with Crippen molar-refractivity contribution in [3.05, 3.63) is 35.4 Å². The summed E-state index contributed by atoms with van der Waals surface area (Å²) in [7, 11) is 0. The fourth-order valence-electron chi connectivity index (χ4n) is 3.49. The van der Waals surface area contributed by atoms with Crippen LogP contribution >= 0.6 is 0 Å². The topological polar surface area (TPSA) is 64.3 Å². The van der Waals surface area contributed by atoms with Crippen LogP contribution in [0.2, 0.25) is 0 Å². The van der Waals surface area contributed by atoms with E-state index in [-0.39, 0.29) is 11.9 Å². The summed E-state index contributed by atoms with van der Waals surface area (Å²) in [5.41, 5.74) is 1.23. The predicted octanol–water partition coefficient (Wildman–Crippen LogP) is 1.73. The zero-order chi connectivity index (χ0) is 14.1. The third-order valence-electron chi connectivity index (χ3n) is 4.52. The van der Waals surface area contributed by atoms with E-state index in [2.05, 4.69) is 11.0 Å². The Balaban J connectivity index is 1.68. The molecule has 4 nitrogen and oxygen atoms in total. The second kappa shape index (κ2) is 5.35. The molecule has 2 aliphatic heterocycles. The molecule has 1 N–H and O–H groups in total. The number of fused-ring (bicyclic) bond motifs is 2. The van der Waals surface area contributed by atoms with E-state index in [1.165, 1.54) is 0 Å². The summed E-state index contributed by atoms with van der Waals surface area (Å²) < 4.78 is 0. The molecule has 2 bridgehead atoms. The van der Waals surface area contributed by atoms with Gasteiger partial charge in [0.1, 0.15) is 0 Å². The van der Waals surface area contributed by atoms with Crippen molar-refractivity contribution in [3.8, 4) is 6.07 Å². The van der Waals surface area contributed by atoms with E-state index in [1.807, 2.05) is 0 Å². The number of carbonyl (C=O) groups excluding carboxylic acids is 1. The van der Waals surface area contributed by atoms with E-state index in [0.717, 1.165) is 25.7 Å². The van der Waals surface area contributed by atoms with Crippen LogP contribution in [0.15, 0.2) is 24.3 Å². The number of piperidine rings is 1. The summed E-state index contributed by atoms with van der Waals surface area (Å²) in [6, 6.07) is 9.57. The normalized spacial score (nSPS) is 29.1. The minimum Gasteiger partial charge on any atom is -0.393 e. The van der Waals surface area contributed by atoms with Gasteiger partial charge in [-0.1, -0.05) is 12.1 Å². The Labute approximate surface area is 118 Å². The van der Waals surface area contributed by atoms with Gasteiger partial charge in [0.2, 0.25) is 0 Å². The molecule has 0 aliphatic carbocycles. The van der Waals surface area contributed by atoms with Crippen molar-refractivity contribution in [1.29, 1.82) is 5.26 Å². The summed E-state index contributed by atoms with van der Waals surface area (Å²) in [5.74, 6) is 0.0998. The number of hydrogen-bond donors (Lipinski definition) is 1. The molecule has 2 unspecified atom stereocenters. The summed E-state index contributed by atoms with van der Waals surface area (Å²) in [4.78, 5) is 14.6. The van der Waals surface area contributed by atoms with Crippen molar-refractivity contribution in [2.24, 2.45) is 0 Å². The first-order chi connectivity index (χ1) is 9.67. The van der Waals surface area contributed by atoms with Crippen LogP contribution < -0.4 is 0 Å². The molecule has 2 fully saturated rings. The van der Waals surface area contributed by atoms with E-state index in [4.69, 9.17) is 5.26 Å². The number of carbonyl (C=O) groups is 1. The molecule has 0 amide bonds. The molecule has 1 aromatic carbocycles. The molecule has 3 rings (SSSR count). The van der Waals surface area contributed by atoms with Crippen LogP contribution in [0.5, 0.6) is 0 Å². The molecule has 0 spiro atoms. The van der Waals surface area contributed by atoms with Crippen LogP contribution in [0.25, 0.3) is 0 Å². The average molecular weight is 270 g/mol. The molecule has 2 saturated heterocycles. The van der Waals surface area contributed by atoms with Crippen molar-refractivity contribution < 1.29 is 9.90 Å². The molecule has 2 atom stereocenters. The Hall–Kier alpha value is -1.70. The fourth-order valence-corrected chi connectivity index (χ4v) is 3.49. The number of rotatable bonds is 3. The second-order valence-electron chi connectivity index (χ2n) is 5.79. The van der Waals surface area contributed by atoms with Crippen molar-refractivity contribution in [3.63, 3.8) is 0 Å². The van der Waals surface area contributed by atoms with Crippen molar-refractivity contribution >= 4 is 5.78 Å². The number of Topliss-reactive ketones (excluding diaryl/α,β-unsaturated/α-hetero) is 1. The molecule has 2 heterocycles. The Morgan fingerprint density at radius 2 is 1.85 bits per heavy atom. The van der Waals surface area contributed by atoms with Gasteiger partial charge in [-0.25, -0.2) is 0 Å². The molecule has 2 aliphatic rings. The highest BCUT2D eigenvalue weighted by Gasteiger charge is 2.40. The maximum atomic E-state index is 12.3. The minimum absolute atomic E-state index is 0.0998. The third kappa shape index (κ3) is 2.47. The Bertz CT molecular complexity index is 533. The van der Waals surface area contributed by atoms with Crippen LogP contribution in [0.4, 0.5) is 0 Å². The number of hydrogen-bond acceptors (Lipinski definition) is 4. The minimum atomic E-state index is -0.200. The van der Waals surface area contributed by atoms with Gasteiger partial charge in [-0.3, -0.25) is 9.69 Å². The lowest BCUT2D eigenvalue weighted by atomic mass is 9.98. The molecule has 0 aromatic heterocycles. The molecular weight excluding hydrogens is 252 g/mol. The molecule has 20 heavy (non-hydrogen) atoms. The van der Waals surface area contributed by atoms with E-state index < -0.39 is 0 Å². The van der Waals surface area contributed by atoms with E-state index in [1.54, 1.807) is 24.3 Å². The lowest BCUT2D eigenvalue weighted by Gasteiger charge is -2.36. The number of nitriles is 1. The first-order valence-electron chi connectivity index (χ1n) is 7.14. The Morgan fingerprint density at radius 3 is 2.40 bits per heavy atom. The highest BCUT2D eigenvalue weighted by Crippen LogP contribution is 2.35. The Morgan fingerprint density at radius 1 is 1.25 bits per heavy atom. The van der Waals surface area contributed by atoms with Crippen LogP contribution in [0.1, 0.15) is 41.6 Å². The van der Waals surface area contributed by atoms with E-state index in [9.17, 15) is 9.90 Å². The number of ketones is 1. The van der Waals surface area contributed by atoms with Gasteiger partial charge < -0.3 is 5.11 Å². The average Bonchev–Trinajstić information content (AvgIpc) is 2.70. The highest BCUT2D eigenvalue weighted by atomic mass is 16.3. The summed E-state index contributed by atoms with van der Waals surface area (Å²) in [6.07, 6.45) is 3.55. The van der Waals surface area contributed by atoms with E-state index in [0.29, 0.717) is 29.8 Å². The van der Waals surface area contributed by atoms with Crippen LogP contribution in [0.3, 0.4) is 0 Å². The van der Waals surface area contributed by atoms with Crippen LogP contribution in [-0.4, -0.2) is 40.5 Å². The number of benzene rings is 1. The van der Waals surface area contributed by atoms with Gasteiger partial charge in [-0.2, -0.15) is 5.26 Å². The van der Waals surface area contributed by atoms with Crippen molar-refractivity contribution in [2.45, 2.75) is 43.9 Å². The lowest BCUT2D eigenvalue weighted by molar-refractivity contribution is 0.0344. The molecule has 0 radical (unpaired) electrons. The molecule has 1 aromatic rings. The quantitative estimate of drug-likeness (QED) is 0.850. The maximum absolute atomic E-state index is 12.3. The lowest BCUT2D eigenvalue weighted by Crippen LogP contribution is -2.46. The smallest absolute Gasteiger partial charge is 0.176 e. The zero-order valence-electron chi connectivity index (χ0n) is 11.3.